The van der Waals surface area contributed by atoms with Crippen LogP contribution in [0.15, 0.2) is 48.5 Å². The summed E-state index contributed by atoms with van der Waals surface area (Å²) in [6, 6.07) is 14.3. The van der Waals surface area contributed by atoms with E-state index < -0.39 is 0 Å². The highest BCUT2D eigenvalue weighted by Crippen LogP contribution is 2.17. The zero-order chi connectivity index (χ0) is 13.7. The number of hydrogen-bond donors (Lipinski definition) is 0. The average molecular weight is 254 g/mol. The summed E-state index contributed by atoms with van der Waals surface area (Å²) in [5.41, 5.74) is 2.16. The number of carbonyl (C=O) groups excluding carboxylic acids is 2. The molecule has 0 amide bonds. The van der Waals surface area contributed by atoms with Crippen LogP contribution in [0.1, 0.15) is 33.2 Å². The first-order valence-electron chi connectivity index (χ1n) is 5.97. The molecular weight excluding hydrogens is 240 g/mol. The number of Topliss-reactive ketones (excluding diaryl/α,β-unsaturated/α-hetero) is 1. The fraction of sp³-hybridized carbons (Fsp3) is 0.125. The van der Waals surface area contributed by atoms with E-state index in [1.54, 1.807) is 30.3 Å². The number of aldehydes is 1. The van der Waals surface area contributed by atoms with Gasteiger partial charge in [0.25, 0.3) is 0 Å². The Morgan fingerprint density at radius 2 is 1.79 bits per heavy atom. The van der Waals surface area contributed by atoms with Crippen molar-refractivity contribution in [1.29, 1.82) is 0 Å². The summed E-state index contributed by atoms with van der Waals surface area (Å²) in [7, 11) is 0. The first kappa shape index (κ1) is 13.0. The molecule has 2 aromatic rings. The van der Waals surface area contributed by atoms with E-state index in [-0.39, 0.29) is 5.78 Å². The van der Waals surface area contributed by atoms with Crippen molar-refractivity contribution in [1.82, 2.24) is 0 Å². The molecule has 0 bridgehead atoms. The van der Waals surface area contributed by atoms with Crippen LogP contribution in [0, 0.1) is 0 Å². The second kappa shape index (κ2) is 5.96. The smallest absolute Gasteiger partial charge is 0.159 e. The molecule has 0 spiro atoms. The Morgan fingerprint density at radius 3 is 2.42 bits per heavy atom. The lowest BCUT2D eigenvalue weighted by Crippen LogP contribution is -1.99. The minimum atomic E-state index is 0.0405. The Balaban J connectivity index is 2.06. The highest BCUT2D eigenvalue weighted by atomic mass is 16.5. The highest BCUT2D eigenvalue weighted by molar-refractivity contribution is 5.94. The molecule has 96 valence electrons. The van der Waals surface area contributed by atoms with Crippen molar-refractivity contribution in [2.75, 3.05) is 0 Å². The van der Waals surface area contributed by atoms with Gasteiger partial charge < -0.3 is 4.74 Å². The molecule has 0 atom stereocenters. The number of carbonyl (C=O) groups is 2. The topological polar surface area (TPSA) is 43.4 Å². The molecule has 0 aromatic heterocycles. The van der Waals surface area contributed by atoms with Crippen LogP contribution in [-0.4, -0.2) is 12.1 Å². The standard InChI is InChI=1S/C16H14O3/c1-12(18)14-8-6-13(7-9-14)11-19-16-5-3-2-4-15(16)10-17/h2-10H,11H2,1H3. The lowest BCUT2D eigenvalue weighted by atomic mass is 10.1. The third-order valence-corrected chi connectivity index (χ3v) is 2.80. The number of ether oxygens (including phenoxy) is 1. The molecule has 0 aliphatic rings. The lowest BCUT2D eigenvalue weighted by molar-refractivity contribution is 0.101. The molecule has 3 nitrogen and oxygen atoms in total. The van der Waals surface area contributed by atoms with Gasteiger partial charge in [-0.2, -0.15) is 0 Å². The van der Waals surface area contributed by atoms with E-state index in [0.29, 0.717) is 23.5 Å². The van der Waals surface area contributed by atoms with Crippen LogP contribution in [-0.2, 0) is 6.61 Å². The Morgan fingerprint density at radius 1 is 1.11 bits per heavy atom. The first-order valence-corrected chi connectivity index (χ1v) is 5.97. The van der Waals surface area contributed by atoms with Gasteiger partial charge in [0.2, 0.25) is 0 Å². The molecule has 0 unspecified atom stereocenters. The van der Waals surface area contributed by atoms with E-state index in [1.165, 1.54) is 6.92 Å². The van der Waals surface area contributed by atoms with Gasteiger partial charge in [-0.3, -0.25) is 9.59 Å². The van der Waals surface area contributed by atoms with Crippen molar-refractivity contribution in [3.63, 3.8) is 0 Å². The van der Waals surface area contributed by atoms with Crippen molar-refractivity contribution in [3.05, 3.63) is 65.2 Å². The summed E-state index contributed by atoms with van der Waals surface area (Å²) in [5, 5.41) is 0. The summed E-state index contributed by atoms with van der Waals surface area (Å²) in [4.78, 5) is 22.0. The zero-order valence-electron chi connectivity index (χ0n) is 10.6. The second-order valence-corrected chi connectivity index (χ2v) is 4.20. The van der Waals surface area contributed by atoms with Gasteiger partial charge in [0, 0.05) is 5.56 Å². The normalized spacial score (nSPS) is 9.95. The molecule has 0 saturated carbocycles. The second-order valence-electron chi connectivity index (χ2n) is 4.20. The Labute approximate surface area is 111 Å². The van der Waals surface area contributed by atoms with Gasteiger partial charge in [0.1, 0.15) is 12.4 Å². The van der Waals surface area contributed by atoms with Crippen LogP contribution >= 0.6 is 0 Å². The zero-order valence-corrected chi connectivity index (χ0v) is 10.6. The SMILES string of the molecule is CC(=O)c1ccc(COc2ccccc2C=O)cc1. The third-order valence-electron chi connectivity index (χ3n) is 2.80. The van der Waals surface area contributed by atoms with Crippen molar-refractivity contribution < 1.29 is 14.3 Å². The molecule has 3 heteroatoms. The summed E-state index contributed by atoms with van der Waals surface area (Å²) in [6.45, 7) is 1.90. The summed E-state index contributed by atoms with van der Waals surface area (Å²) >= 11 is 0. The van der Waals surface area contributed by atoms with Crippen LogP contribution in [0.25, 0.3) is 0 Å². The molecule has 2 rings (SSSR count). The van der Waals surface area contributed by atoms with Gasteiger partial charge in [-0.25, -0.2) is 0 Å². The molecule has 0 N–H and O–H groups in total. The maximum absolute atomic E-state index is 11.1. The van der Waals surface area contributed by atoms with E-state index in [0.717, 1.165) is 11.8 Å². The van der Waals surface area contributed by atoms with Crippen LogP contribution in [0.4, 0.5) is 0 Å². The quantitative estimate of drug-likeness (QED) is 0.607. The highest BCUT2D eigenvalue weighted by Gasteiger charge is 2.03. The van der Waals surface area contributed by atoms with E-state index in [4.69, 9.17) is 4.74 Å². The number of hydrogen-bond acceptors (Lipinski definition) is 3. The van der Waals surface area contributed by atoms with Gasteiger partial charge in [-0.1, -0.05) is 36.4 Å². The van der Waals surface area contributed by atoms with E-state index in [2.05, 4.69) is 0 Å². The first-order chi connectivity index (χ1) is 9.20. The molecule has 19 heavy (non-hydrogen) atoms. The summed E-state index contributed by atoms with van der Waals surface area (Å²) in [6.07, 6.45) is 0.772. The minimum absolute atomic E-state index is 0.0405. The predicted molar refractivity (Wildman–Crippen MR) is 72.6 cm³/mol. The number of ketones is 1. The minimum Gasteiger partial charge on any atom is -0.488 e. The molecule has 2 aromatic carbocycles. The molecule has 0 aliphatic carbocycles. The van der Waals surface area contributed by atoms with Crippen molar-refractivity contribution in [2.45, 2.75) is 13.5 Å². The lowest BCUT2D eigenvalue weighted by Gasteiger charge is -2.08. The predicted octanol–water partition coefficient (Wildman–Crippen LogP) is 3.28. The Hall–Kier alpha value is -2.42. The fourth-order valence-electron chi connectivity index (χ4n) is 1.71. The van der Waals surface area contributed by atoms with Gasteiger partial charge in [0.15, 0.2) is 12.1 Å². The molecule has 0 heterocycles. The van der Waals surface area contributed by atoms with E-state index in [9.17, 15) is 9.59 Å². The van der Waals surface area contributed by atoms with Gasteiger partial charge >= 0.3 is 0 Å². The maximum Gasteiger partial charge on any atom is 0.159 e. The molecule has 0 radical (unpaired) electrons. The van der Waals surface area contributed by atoms with E-state index >= 15 is 0 Å². The molecule has 0 fully saturated rings. The van der Waals surface area contributed by atoms with Gasteiger partial charge in [-0.05, 0) is 24.6 Å². The third kappa shape index (κ3) is 3.28. The maximum atomic E-state index is 11.1. The van der Waals surface area contributed by atoms with E-state index in [1.807, 2.05) is 18.2 Å². The number of para-hydroxylation sites is 1. The van der Waals surface area contributed by atoms with Crippen LogP contribution in [0.2, 0.25) is 0 Å². The Kier molecular flexibility index (Phi) is 4.08. The molecular formula is C16H14O3. The van der Waals surface area contributed by atoms with Gasteiger partial charge in [0.05, 0.1) is 5.56 Å². The van der Waals surface area contributed by atoms with Gasteiger partial charge in [-0.15, -0.1) is 0 Å². The molecule has 0 saturated heterocycles. The Bertz CT molecular complexity index is 585. The van der Waals surface area contributed by atoms with Crippen molar-refractivity contribution in [3.8, 4) is 5.75 Å². The van der Waals surface area contributed by atoms with Crippen LogP contribution in [0.5, 0.6) is 5.75 Å². The monoisotopic (exact) mass is 254 g/mol. The van der Waals surface area contributed by atoms with Crippen molar-refractivity contribution in [2.24, 2.45) is 0 Å². The van der Waals surface area contributed by atoms with Crippen LogP contribution in [0.3, 0.4) is 0 Å². The number of rotatable bonds is 5. The number of benzene rings is 2. The summed E-state index contributed by atoms with van der Waals surface area (Å²) < 4.78 is 5.60. The van der Waals surface area contributed by atoms with Crippen molar-refractivity contribution >= 4 is 12.1 Å². The largest absolute Gasteiger partial charge is 0.488 e. The average Bonchev–Trinajstić information content (AvgIpc) is 2.45. The fourth-order valence-corrected chi connectivity index (χ4v) is 1.71. The van der Waals surface area contributed by atoms with Crippen LogP contribution < -0.4 is 4.74 Å². The summed E-state index contributed by atoms with van der Waals surface area (Å²) in [5.74, 6) is 0.604. The molecule has 0 aliphatic heterocycles.